The molecule has 0 saturated carbocycles. The number of hydrogen-bond acceptors (Lipinski definition) is 11. The molecule has 1 unspecified atom stereocenters. The molecule has 2 aliphatic rings. The first-order valence-corrected chi connectivity index (χ1v) is 28.4. The lowest BCUT2D eigenvalue weighted by atomic mass is 9.97. The van der Waals surface area contributed by atoms with Gasteiger partial charge in [0.25, 0.3) is 7.37 Å². The monoisotopic (exact) mass is 1070 g/mol. The summed E-state index contributed by atoms with van der Waals surface area (Å²) in [5.41, 5.74) is 6.64. The number of rotatable bonds is 26. The second-order valence-electron chi connectivity index (χ2n) is 19.5. The Hall–Kier alpha value is -6.41. The Morgan fingerprint density at radius 3 is 1.00 bits per heavy atom. The van der Waals surface area contributed by atoms with Crippen molar-refractivity contribution >= 4 is 12.7 Å². The van der Waals surface area contributed by atoms with Gasteiger partial charge >= 0.3 is 0 Å². The smallest absolute Gasteiger partial charge is 0.263 e. The van der Waals surface area contributed by atoms with E-state index in [1.807, 2.05) is 243 Å². The third kappa shape index (κ3) is 15.0. The molecule has 8 aromatic rings. The van der Waals surface area contributed by atoms with E-state index in [0.29, 0.717) is 18.5 Å². The number of benzene rings is 8. The van der Waals surface area contributed by atoms with E-state index < -0.39 is 62.2 Å². The molecule has 12 heteroatoms. The standard InChI is InChI=1S/C66H67O11P/c67-78(57-39-23-8-24-40-57)66(64(74-47-56-37-21-7-22-38-56)61(71-44-53-31-15-4-16-32-53)59(77-78)49-69-42-51-27-11-2-12-28-51)76-65-63(73-46-55-35-19-6-20-36-55)62(72-45-54-33-17-5-18-34-54)60(70-43-52-29-13-3-14-30-52)58(75-65)48-68-41-50-25-9-1-10-26-50/h1-40,58-66H,41-49H2/t58-,59-,60-,61-,62+,63-,64+,65?,66-,78+/m1/s1. The van der Waals surface area contributed by atoms with Gasteiger partial charge in [-0.2, -0.15) is 0 Å². The van der Waals surface area contributed by atoms with Crippen LogP contribution < -0.4 is 5.30 Å². The van der Waals surface area contributed by atoms with Crippen molar-refractivity contribution in [3.8, 4) is 0 Å². The highest BCUT2D eigenvalue weighted by Gasteiger charge is 2.59. The van der Waals surface area contributed by atoms with Crippen LogP contribution in [-0.4, -0.2) is 68.1 Å². The average molecular weight is 1070 g/mol. The summed E-state index contributed by atoms with van der Waals surface area (Å²) in [6.07, 6.45) is -7.47. The van der Waals surface area contributed by atoms with Crippen molar-refractivity contribution in [2.75, 3.05) is 13.2 Å². The molecule has 0 N–H and O–H groups in total. The van der Waals surface area contributed by atoms with Crippen LogP contribution >= 0.6 is 7.37 Å². The van der Waals surface area contributed by atoms with Crippen LogP contribution in [0.15, 0.2) is 243 Å². The molecule has 0 aliphatic carbocycles. The van der Waals surface area contributed by atoms with E-state index in [9.17, 15) is 0 Å². The molecule has 0 amide bonds. The molecule has 0 spiro atoms. The highest BCUT2D eigenvalue weighted by molar-refractivity contribution is 7.67. The lowest BCUT2D eigenvalue weighted by Crippen LogP contribution is -2.64. The highest BCUT2D eigenvalue weighted by atomic mass is 31.2. The van der Waals surface area contributed by atoms with Crippen LogP contribution in [0, 0.1) is 0 Å². The summed E-state index contributed by atoms with van der Waals surface area (Å²) in [7, 11) is -4.20. The fourth-order valence-electron chi connectivity index (χ4n) is 9.79. The maximum Gasteiger partial charge on any atom is 0.263 e. The zero-order valence-corrected chi connectivity index (χ0v) is 44.5. The van der Waals surface area contributed by atoms with Gasteiger partial charge in [0.05, 0.1) is 59.5 Å². The molecular weight excluding hydrogens is 1000 g/mol. The van der Waals surface area contributed by atoms with Gasteiger partial charge in [-0.3, -0.25) is 4.57 Å². The molecule has 78 heavy (non-hydrogen) atoms. The fourth-order valence-corrected chi connectivity index (χ4v) is 12.4. The van der Waals surface area contributed by atoms with E-state index >= 15 is 4.57 Å². The number of ether oxygens (including phenoxy) is 9. The SMILES string of the molecule is O=[P@@]1(c2ccccc2)O[C@H](COCc2ccccc2)[C@@H](OCc2ccccc2)[C@H](OCc2ccccc2)[C@@H]1OC1O[C@H](COCc2ccccc2)[C@@H](OCc2ccccc2)[C@H](OCc2ccccc2)[C@H]1OCc1ccccc1. The van der Waals surface area contributed by atoms with Gasteiger partial charge in [0.15, 0.2) is 12.1 Å². The summed E-state index contributed by atoms with van der Waals surface area (Å²) in [5, 5.41) is 0.430. The second-order valence-corrected chi connectivity index (χ2v) is 21.9. The molecule has 0 aromatic heterocycles. The minimum atomic E-state index is -4.20. The van der Waals surface area contributed by atoms with Gasteiger partial charge in [-0.1, -0.05) is 231 Å². The summed E-state index contributed by atoms with van der Waals surface area (Å²) in [6.45, 7) is 1.66. The topological polar surface area (TPSA) is 109 Å². The van der Waals surface area contributed by atoms with E-state index in [1.165, 1.54) is 0 Å². The van der Waals surface area contributed by atoms with Crippen LogP contribution in [0.3, 0.4) is 0 Å². The Balaban J connectivity index is 1.08. The molecule has 8 aromatic carbocycles. The van der Waals surface area contributed by atoms with Crippen molar-refractivity contribution in [2.45, 2.75) is 101 Å². The van der Waals surface area contributed by atoms with Gasteiger partial charge in [-0.05, 0) is 51.1 Å². The van der Waals surface area contributed by atoms with Crippen molar-refractivity contribution in [2.24, 2.45) is 0 Å². The van der Waals surface area contributed by atoms with E-state index in [2.05, 4.69) is 0 Å². The summed E-state index contributed by atoms with van der Waals surface area (Å²) >= 11 is 0. The average Bonchev–Trinajstić information content (AvgIpc) is 3.54. The molecule has 10 atom stereocenters. The largest absolute Gasteiger partial charge is 0.374 e. The highest BCUT2D eigenvalue weighted by Crippen LogP contribution is 2.59. The van der Waals surface area contributed by atoms with Crippen molar-refractivity contribution in [1.82, 2.24) is 0 Å². The van der Waals surface area contributed by atoms with Gasteiger partial charge in [0.2, 0.25) is 0 Å². The van der Waals surface area contributed by atoms with Crippen LogP contribution in [0.4, 0.5) is 0 Å². The normalized spacial score (nSPS) is 24.1. The molecule has 402 valence electrons. The van der Waals surface area contributed by atoms with Crippen LogP contribution in [0.2, 0.25) is 0 Å². The maximum atomic E-state index is 16.8. The summed E-state index contributed by atoms with van der Waals surface area (Å²) in [5.74, 6) is -1.34. The Morgan fingerprint density at radius 2 is 0.615 bits per heavy atom. The zero-order chi connectivity index (χ0) is 53.0. The third-order valence-electron chi connectivity index (χ3n) is 13.8. The van der Waals surface area contributed by atoms with Gasteiger partial charge in [0, 0.05) is 5.30 Å². The minimum Gasteiger partial charge on any atom is -0.374 e. The van der Waals surface area contributed by atoms with E-state index in [-0.39, 0.29) is 46.2 Å². The first-order valence-electron chi connectivity index (χ1n) is 26.7. The summed E-state index contributed by atoms with van der Waals surface area (Å²) < 4.78 is 87.1. The predicted molar refractivity (Wildman–Crippen MR) is 299 cm³/mol. The van der Waals surface area contributed by atoms with Crippen molar-refractivity contribution in [3.05, 3.63) is 282 Å². The molecule has 11 nitrogen and oxygen atoms in total. The Kier molecular flexibility index (Phi) is 20.0. The van der Waals surface area contributed by atoms with Gasteiger partial charge in [0.1, 0.15) is 42.7 Å². The predicted octanol–water partition coefficient (Wildman–Crippen LogP) is 12.4. The lowest BCUT2D eigenvalue weighted by Gasteiger charge is -2.50. The molecule has 0 bridgehead atoms. The number of hydrogen-bond donors (Lipinski definition) is 0. The molecular formula is C66H67O11P. The van der Waals surface area contributed by atoms with Crippen molar-refractivity contribution in [1.29, 1.82) is 0 Å². The van der Waals surface area contributed by atoms with Crippen LogP contribution in [0.1, 0.15) is 38.9 Å². The molecule has 0 radical (unpaired) electrons. The van der Waals surface area contributed by atoms with Crippen LogP contribution in [0.25, 0.3) is 0 Å². The van der Waals surface area contributed by atoms with E-state index in [1.54, 1.807) is 0 Å². The van der Waals surface area contributed by atoms with E-state index in [0.717, 1.165) is 38.9 Å². The maximum absolute atomic E-state index is 16.8. The van der Waals surface area contributed by atoms with Gasteiger partial charge in [-0.15, -0.1) is 0 Å². The molecule has 2 saturated heterocycles. The van der Waals surface area contributed by atoms with Crippen molar-refractivity contribution in [3.63, 3.8) is 0 Å². The van der Waals surface area contributed by atoms with E-state index in [4.69, 9.17) is 47.2 Å². The Bertz CT molecular complexity index is 2990. The van der Waals surface area contributed by atoms with Gasteiger partial charge in [-0.25, -0.2) is 0 Å². The molecule has 2 heterocycles. The molecule has 2 fully saturated rings. The first kappa shape index (κ1) is 54.9. The minimum absolute atomic E-state index is 0.0302. The molecule has 2 aliphatic heterocycles. The second kappa shape index (κ2) is 28.5. The van der Waals surface area contributed by atoms with Gasteiger partial charge < -0.3 is 47.2 Å². The summed E-state index contributed by atoms with van der Waals surface area (Å²) in [6, 6.07) is 78.8. The first-order chi connectivity index (χ1) is 38.6. The summed E-state index contributed by atoms with van der Waals surface area (Å²) in [4.78, 5) is 0. The zero-order valence-electron chi connectivity index (χ0n) is 43.6. The Labute approximate surface area is 458 Å². The molecule has 10 rings (SSSR count). The lowest BCUT2D eigenvalue weighted by molar-refractivity contribution is -0.340. The quantitative estimate of drug-likeness (QED) is 0.0484. The van der Waals surface area contributed by atoms with Crippen LogP contribution in [0.5, 0.6) is 0 Å². The van der Waals surface area contributed by atoms with Crippen molar-refractivity contribution < 1.29 is 51.7 Å². The van der Waals surface area contributed by atoms with Crippen LogP contribution in [-0.2, 0) is 98.0 Å². The fraction of sp³-hybridized carbons (Fsp3) is 0.273. The Morgan fingerprint density at radius 1 is 0.321 bits per heavy atom. The third-order valence-corrected chi connectivity index (χ3v) is 16.5.